The van der Waals surface area contributed by atoms with Gasteiger partial charge in [-0.05, 0) is 59.3 Å². The summed E-state index contributed by atoms with van der Waals surface area (Å²) in [6.45, 7) is 2.86. The molecule has 0 fully saturated rings. The molecule has 0 bridgehead atoms. The molecule has 1 heterocycles. The van der Waals surface area contributed by atoms with Crippen molar-refractivity contribution in [3.8, 4) is 11.6 Å². The van der Waals surface area contributed by atoms with E-state index in [1.165, 1.54) is 0 Å². The Kier molecular flexibility index (Phi) is 5.74. The van der Waals surface area contributed by atoms with E-state index in [1.807, 2.05) is 24.3 Å². The van der Waals surface area contributed by atoms with E-state index in [2.05, 4.69) is 39.8 Å². The second-order valence-electron chi connectivity index (χ2n) is 4.09. The third-order valence-corrected chi connectivity index (χ3v) is 3.75. The Morgan fingerprint density at radius 3 is 2.55 bits per heavy atom. The number of benzene rings is 1. The van der Waals surface area contributed by atoms with Crippen LogP contribution >= 0.6 is 45.8 Å². The first-order valence-corrected chi connectivity index (χ1v) is 7.97. The van der Waals surface area contributed by atoms with Crippen molar-refractivity contribution in [2.24, 2.45) is 0 Å². The number of rotatable bonds is 5. The molecule has 2 rings (SSSR count). The molecule has 0 atom stereocenters. The van der Waals surface area contributed by atoms with Crippen LogP contribution in [0.1, 0.15) is 13.3 Å². The monoisotopic (exact) mass is 422 g/mol. The highest BCUT2D eigenvalue weighted by atomic mass is 127. The fourth-order valence-corrected chi connectivity index (χ4v) is 2.33. The maximum absolute atomic E-state index is 6.12. The van der Waals surface area contributed by atoms with Crippen LogP contribution in [0.4, 0.5) is 5.82 Å². The molecule has 1 N–H and O–H groups in total. The number of pyridine rings is 1. The summed E-state index contributed by atoms with van der Waals surface area (Å²) in [6.07, 6.45) is 0.980. The fourth-order valence-electron chi connectivity index (χ4n) is 1.50. The van der Waals surface area contributed by atoms with Crippen LogP contribution in [0.25, 0.3) is 0 Å². The van der Waals surface area contributed by atoms with Crippen molar-refractivity contribution in [2.45, 2.75) is 13.3 Å². The van der Waals surface area contributed by atoms with E-state index in [4.69, 9.17) is 27.9 Å². The zero-order chi connectivity index (χ0) is 14.5. The van der Waals surface area contributed by atoms with E-state index in [1.54, 1.807) is 6.07 Å². The molecule has 0 saturated heterocycles. The van der Waals surface area contributed by atoms with Crippen molar-refractivity contribution in [3.63, 3.8) is 0 Å². The molecule has 0 radical (unpaired) electrons. The van der Waals surface area contributed by atoms with Crippen LogP contribution in [0, 0.1) is 3.57 Å². The van der Waals surface area contributed by atoms with Crippen LogP contribution in [-0.4, -0.2) is 11.5 Å². The van der Waals surface area contributed by atoms with Gasteiger partial charge in [-0.2, -0.15) is 4.98 Å². The average molecular weight is 423 g/mol. The molecular weight excluding hydrogens is 410 g/mol. The lowest BCUT2D eigenvalue weighted by Gasteiger charge is -2.11. The summed E-state index contributed by atoms with van der Waals surface area (Å²) in [5.41, 5.74) is 0. The fraction of sp³-hybridized carbons (Fsp3) is 0.214. The van der Waals surface area contributed by atoms with Crippen LogP contribution in [-0.2, 0) is 0 Å². The van der Waals surface area contributed by atoms with Gasteiger partial charge in [0.2, 0.25) is 5.88 Å². The number of nitrogens with one attached hydrogen (secondary N) is 1. The van der Waals surface area contributed by atoms with Crippen molar-refractivity contribution in [3.05, 3.63) is 43.9 Å². The SMILES string of the molecule is CCCNc1nc(Oc2ccc(I)cc2)c(Cl)cc1Cl. The van der Waals surface area contributed by atoms with Gasteiger partial charge in [0.1, 0.15) is 16.6 Å². The number of nitrogens with zero attached hydrogens (tertiary/aromatic N) is 1. The van der Waals surface area contributed by atoms with Gasteiger partial charge in [-0.3, -0.25) is 0 Å². The molecule has 0 unspecified atom stereocenters. The summed E-state index contributed by atoms with van der Waals surface area (Å²) in [4.78, 5) is 4.33. The summed E-state index contributed by atoms with van der Waals surface area (Å²) >= 11 is 14.4. The minimum absolute atomic E-state index is 0.343. The molecule has 3 nitrogen and oxygen atoms in total. The van der Waals surface area contributed by atoms with Gasteiger partial charge < -0.3 is 10.1 Å². The van der Waals surface area contributed by atoms with E-state index in [0.717, 1.165) is 16.5 Å². The zero-order valence-corrected chi connectivity index (χ0v) is 14.5. The largest absolute Gasteiger partial charge is 0.437 e. The van der Waals surface area contributed by atoms with Gasteiger partial charge in [-0.1, -0.05) is 30.1 Å². The van der Waals surface area contributed by atoms with Crippen LogP contribution in [0.15, 0.2) is 30.3 Å². The first kappa shape index (κ1) is 15.7. The number of hydrogen-bond donors (Lipinski definition) is 1. The molecule has 0 spiro atoms. The Bertz CT molecular complexity index is 590. The molecule has 6 heteroatoms. The number of ether oxygens (including phenoxy) is 1. The average Bonchev–Trinajstić information content (AvgIpc) is 2.43. The van der Waals surface area contributed by atoms with Gasteiger partial charge >= 0.3 is 0 Å². The highest BCUT2D eigenvalue weighted by Gasteiger charge is 2.11. The lowest BCUT2D eigenvalue weighted by atomic mass is 10.3. The second kappa shape index (κ2) is 7.33. The highest BCUT2D eigenvalue weighted by Crippen LogP contribution is 2.33. The van der Waals surface area contributed by atoms with E-state index in [0.29, 0.717) is 27.5 Å². The quantitative estimate of drug-likeness (QED) is 0.636. The molecule has 0 amide bonds. The summed E-state index contributed by atoms with van der Waals surface area (Å²) in [7, 11) is 0. The number of halogens is 3. The standard InChI is InChI=1S/C14H13Cl2IN2O/c1-2-7-18-13-11(15)8-12(16)14(19-13)20-10-5-3-9(17)4-6-10/h3-6,8H,2,7H2,1H3,(H,18,19). The molecule has 20 heavy (non-hydrogen) atoms. The predicted molar refractivity (Wildman–Crippen MR) is 92.3 cm³/mol. The van der Waals surface area contributed by atoms with E-state index in [9.17, 15) is 0 Å². The predicted octanol–water partition coefficient (Wildman–Crippen LogP) is 5.61. The summed E-state index contributed by atoms with van der Waals surface area (Å²) in [5, 5.41) is 4.01. The molecule has 0 aliphatic carbocycles. The zero-order valence-electron chi connectivity index (χ0n) is 10.8. The third-order valence-electron chi connectivity index (χ3n) is 2.47. The summed E-state index contributed by atoms with van der Waals surface area (Å²) in [5.74, 6) is 1.61. The van der Waals surface area contributed by atoms with E-state index >= 15 is 0 Å². The molecule has 106 valence electrons. The Morgan fingerprint density at radius 1 is 1.20 bits per heavy atom. The topological polar surface area (TPSA) is 34.2 Å². The van der Waals surface area contributed by atoms with Gasteiger partial charge in [0.05, 0.1) is 5.02 Å². The Balaban J connectivity index is 2.24. The van der Waals surface area contributed by atoms with Crippen molar-refractivity contribution in [1.82, 2.24) is 4.98 Å². The Morgan fingerprint density at radius 2 is 1.90 bits per heavy atom. The van der Waals surface area contributed by atoms with Crippen molar-refractivity contribution in [2.75, 3.05) is 11.9 Å². The summed E-state index contributed by atoms with van der Waals surface area (Å²) in [6, 6.07) is 9.28. The minimum atomic E-state index is 0.343. The van der Waals surface area contributed by atoms with Crippen molar-refractivity contribution in [1.29, 1.82) is 0 Å². The maximum atomic E-state index is 6.12. The molecular formula is C14H13Cl2IN2O. The van der Waals surface area contributed by atoms with Crippen LogP contribution in [0.5, 0.6) is 11.6 Å². The summed E-state index contributed by atoms with van der Waals surface area (Å²) < 4.78 is 6.83. The van der Waals surface area contributed by atoms with Crippen LogP contribution in [0.2, 0.25) is 10.0 Å². The van der Waals surface area contributed by atoms with Crippen LogP contribution < -0.4 is 10.1 Å². The Hall–Kier alpha value is -0.720. The van der Waals surface area contributed by atoms with Gasteiger partial charge in [0.25, 0.3) is 0 Å². The van der Waals surface area contributed by atoms with E-state index in [-0.39, 0.29) is 0 Å². The first-order chi connectivity index (χ1) is 9.60. The second-order valence-corrected chi connectivity index (χ2v) is 6.15. The van der Waals surface area contributed by atoms with Crippen LogP contribution in [0.3, 0.4) is 0 Å². The molecule has 0 aliphatic heterocycles. The lowest BCUT2D eigenvalue weighted by Crippen LogP contribution is -2.03. The van der Waals surface area contributed by atoms with Gasteiger partial charge in [0.15, 0.2) is 0 Å². The van der Waals surface area contributed by atoms with Gasteiger partial charge in [0, 0.05) is 10.1 Å². The molecule has 2 aromatic rings. The van der Waals surface area contributed by atoms with Crippen molar-refractivity contribution >= 4 is 51.6 Å². The van der Waals surface area contributed by atoms with Gasteiger partial charge in [-0.25, -0.2) is 0 Å². The normalized spacial score (nSPS) is 10.4. The lowest BCUT2D eigenvalue weighted by molar-refractivity contribution is 0.464. The molecule has 1 aromatic carbocycles. The van der Waals surface area contributed by atoms with Gasteiger partial charge in [-0.15, -0.1) is 0 Å². The maximum Gasteiger partial charge on any atom is 0.240 e. The number of aromatic nitrogens is 1. The first-order valence-electron chi connectivity index (χ1n) is 6.13. The number of anilines is 1. The van der Waals surface area contributed by atoms with E-state index < -0.39 is 0 Å². The minimum Gasteiger partial charge on any atom is -0.437 e. The molecule has 0 aliphatic rings. The Labute approximate surface area is 141 Å². The molecule has 0 saturated carbocycles. The van der Waals surface area contributed by atoms with Crippen molar-refractivity contribution < 1.29 is 4.74 Å². The highest BCUT2D eigenvalue weighted by molar-refractivity contribution is 14.1. The number of hydrogen-bond acceptors (Lipinski definition) is 3. The third kappa shape index (κ3) is 4.14. The molecule has 1 aromatic heterocycles. The smallest absolute Gasteiger partial charge is 0.240 e.